The zero-order valence-corrected chi connectivity index (χ0v) is 20.9. The monoisotopic (exact) mass is 533 g/mol. The highest BCUT2D eigenvalue weighted by Crippen LogP contribution is 2.19. The topological polar surface area (TPSA) is 46.1 Å². The van der Waals surface area contributed by atoms with Crippen LogP contribution in [0, 0.1) is 6.92 Å². The summed E-state index contributed by atoms with van der Waals surface area (Å²) in [5, 5.41) is 3.51. The van der Waals surface area contributed by atoms with E-state index in [1.807, 2.05) is 18.8 Å². The summed E-state index contributed by atoms with van der Waals surface area (Å²) in [5.74, 6) is 2.04. The van der Waals surface area contributed by atoms with E-state index >= 15 is 0 Å². The summed E-state index contributed by atoms with van der Waals surface area (Å²) in [4.78, 5) is 8.15. The summed E-state index contributed by atoms with van der Waals surface area (Å²) in [6.07, 6.45) is 6.41. The molecule has 29 heavy (non-hydrogen) atoms. The van der Waals surface area contributed by atoms with Gasteiger partial charge in [-0.05, 0) is 51.2 Å². The lowest BCUT2D eigenvalue weighted by molar-refractivity contribution is -0.0721. The molecule has 164 valence electrons. The first-order valence-electron chi connectivity index (χ1n) is 10.6. The molecule has 0 aromatic heterocycles. The van der Waals surface area contributed by atoms with Crippen LogP contribution in [0.1, 0.15) is 37.7 Å². The van der Waals surface area contributed by atoms with Crippen LogP contribution in [0.3, 0.4) is 0 Å². The van der Waals surface area contributed by atoms with Crippen molar-refractivity contribution in [2.75, 3.05) is 45.6 Å². The van der Waals surface area contributed by atoms with Crippen molar-refractivity contribution in [2.45, 2.75) is 56.1 Å². The number of guanidine groups is 1. The number of hydrogen-bond acceptors (Lipinski definition) is 4. The summed E-state index contributed by atoms with van der Waals surface area (Å²) in [6.45, 7) is 6.70. The average Bonchev–Trinajstić information content (AvgIpc) is 2.75. The van der Waals surface area contributed by atoms with Crippen molar-refractivity contribution in [1.82, 2.24) is 10.2 Å². The van der Waals surface area contributed by atoms with Crippen LogP contribution in [0.4, 0.5) is 0 Å². The van der Waals surface area contributed by atoms with E-state index in [2.05, 4.69) is 46.4 Å². The predicted octanol–water partition coefficient (Wildman–Crippen LogP) is 4.33. The number of halogens is 1. The Hall–Kier alpha value is -0.510. The van der Waals surface area contributed by atoms with Crippen molar-refractivity contribution in [3.63, 3.8) is 0 Å². The lowest BCUT2D eigenvalue weighted by Gasteiger charge is -2.35. The third kappa shape index (κ3) is 8.63. The molecule has 2 aliphatic heterocycles. The van der Waals surface area contributed by atoms with Crippen LogP contribution in [0.2, 0.25) is 0 Å². The molecule has 1 aromatic carbocycles. The van der Waals surface area contributed by atoms with Gasteiger partial charge >= 0.3 is 0 Å². The minimum absolute atomic E-state index is 0. The Labute approximate surface area is 197 Å². The van der Waals surface area contributed by atoms with E-state index in [1.54, 1.807) is 0 Å². The summed E-state index contributed by atoms with van der Waals surface area (Å²) in [5.41, 5.74) is 1.31. The van der Waals surface area contributed by atoms with Gasteiger partial charge in [-0.1, -0.05) is 17.7 Å². The lowest BCUT2D eigenvalue weighted by Crippen LogP contribution is -2.47. The molecule has 2 heterocycles. The molecule has 0 bridgehead atoms. The van der Waals surface area contributed by atoms with E-state index < -0.39 is 0 Å². The van der Waals surface area contributed by atoms with Gasteiger partial charge in [0, 0.05) is 43.9 Å². The van der Waals surface area contributed by atoms with Gasteiger partial charge in [-0.25, -0.2) is 0 Å². The second-order valence-corrected chi connectivity index (χ2v) is 8.81. The first kappa shape index (κ1) is 24.8. The molecule has 3 rings (SSSR count). The third-order valence-electron chi connectivity index (χ3n) is 5.42. The van der Waals surface area contributed by atoms with Gasteiger partial charge in [-0.2, -0.15) is 0 Å². The van der Waals surface area contributed by atoms with E-state index in [1.165, 1.54) is 23.3 Å². The number of thioether (sulfide) groups is 1. The van der Waals surface area contributed by atoms with Gasteiger partial charge in [0.25, 0.3) is 0 Å². The molecular weight excluding hydrogens is 497 g/mol. The Balaban J connectivity index is 0.00000300. The van der Waals surface area contributed by atoms with Gasteiger partial charge in [-0.3, -0.25) is 4.99 Å². The molecule has 7 heteroatoms. The molecular formula is C22H36IN3O2S. The van der Waals surface area contributed by atoms with Crippen LogP contribution < -0.4 is 5.32 Å². The average molecular weight is 534 g/mol. The molecule has 1 unspecified atom stereocenters. The van der Waals surface area contributed by atoms with E-state index in [0.29, 0.717) is 12.2 Å². The Kier molecular flexibility index (Phi) is 11.7. The number of ether oxygens (including phenoxy) is 2. The number of aliphatic imine (C=N–C) groups is 1. The lowest BCUT2D eigenvalue weighted by atomic mass is 10.1. The van der Waals surface area contributed by atoms with Gasteiger partial charge < -0.3 is 19.7 Å². The number of benzene rings is 1. The molecule has 1 N–H and O–H groups in total. The predicted molar refractivity (Wildman–Crippen MR) is 133 cm³/mol. The fraction of sp³-hybridized carbons (Fsp3) is 0.682. The molecule has 0 radical (unpaired) electrons. The first-order chi connectivity index (χ1) is 13.7. The molecule has 0 spiro atoms. The molecule has 0 saturated carbocycles. The second kappa shape index (κ2) is 13.7. The molecule has 2 aliphatic rings. The summed E-state index contributed by atoms with van der Waals surface area (Å²) in [7, 11) is 1.87. The highest BCUT2D eigenvalue weighted by atomic mass is 127. The SMILES string of the molecule is CN=C(NCCSc1ccc(C)cc1)N1CCC(OCC2CCCCO2)CC1.I. The molecule has 2 saturated heterocycles. The van der Waals surface area contributed by atoms with Gasteiger partial charge in [-0.15, -0.1) is 35.7 Å². The summed E-state index contributed by atoms with van der Waals surface area (Å²) < 4.78 is 11.9. The van der Waals surface area contributed by atoms with Crippen LogP contribution in [0.15, 0.2) is 34.2 Å². The van der Waals surface area contributed by atoms with Crippen LogP contribution >= 0.6 is 35.7 Å². The van der Waals surface area contributed by atoms with E-state index in [0.717, 1.165) is 63.8 Å². The smallest absolute Gasteiger partial charge is 0.193 e. The highest BCUT2D eigenvalue weighted by Gasteiger charge is 2.23. The minimum Gasteiger partial charge on any atom is -0.376 e. The molecule has 1 atom stereocenters. The van der Waals surface area contributed by atoms with Crippen LogP contribution in [-0.4, -0.2) is 68.7 Å². The maximum atomic E-state index is 6.12. The third-order valence-corrected chi connectivity index (χ3v) is 6.43. The van der Waals surface area contributed by atoms with Gasteiger partial charge in [0.05, 0.1) is 18.8 Å². The number of hydrogen-bond donors (Lipinski definition) is 1. The number of piperidine rings is 1. The number of nitrogens with one attached hydrogen (secondary N) is 1. The first-order valence-corrected chi connectivity index (χ1v) is 11.6. The number of rotatable bonds is 7. The van der Waals surface area contributed by atoms with Crippen LogP contribution in [-0.2, 0) is 9.47 Å². The molecule has 0 amide bonds. The van der Waals surface area contributed by atoms with Gasteiger partial charge in [0.1, 0.15) is 0 Å². The van der Waals surface area contributed by atoms with Crippen LogP contribution in [0.5, 0.6) is 0 Å². The Bertz CT molecular complexity index is 601. The van der Waals surface area contributed by atoms with Crippen molar-refractivity contribution in [3.05, 3.63) is 29.8 Å². The zero-order valence-electron chi connectivity index (χ0n) is 17.8. The Morgan fingerprint density at radius 3 is 2.62 bits per heavy atom. The van der Waals surface area contributed by atoms with Crippen molar-refractivity contribution >= 4 is 41.7 Å². The Morgan fingerprint density at radius 2 is 1.97 bits per heavy atom. The van der Waals surface area contributed by atoms with Gasteiger partial charge in [0.2, 0.25) is 0 Å². The molecule has 0 aliphatic carbocycles. The normalized spacial score (nSPS) is 21.0. The van der Waals surface area contributed by atoms with Crippen molar-refractivity contribution < 1.29 is 9.47 Å². The minimum atomic E-state index is 0. The largest absolute Gasteiger partial charge is 0.376 e. The van der Waals surface area contributed by atoms with E-state index in [9.17, 15) is 0 Å². The molecule has 2 fully saturated rings. The van der Waals surface area contributed by atoms with E-state index in [-0.39, 0.29) is 24.0 Å². The van der Waals surface area contributed by atoms with Crippen molar-refractivity contribution in [2.24, 2.45) is 4.99 Å². The maximum absolute atomic E-state index is 6.12. The number of likely N-dealkylation sites (tertiary alicyclic amines) is 1. The number of nitrogens with zero attached hydrogens (tertiary/aromatic N) is 2. The quantitative estimate of drug-likeness (QED) is 0.186. The highest BCUT2D eigenvalue weighted by molar-refractivity contribution is 14.0. The molecule has 5 nitrogen and oxygen atoms in total. The fourth-order valence-electron chi connectivity index (χ4n) is 3.72. The number of aryl methyl sites for hydroxylation is 1. The summed E-state index contributed by atoms with van der Waals surface area (Å²) in [6, 6.07) is 8.72. The second-order valence-electron chi connectivity index (χ2n) is 7.64. The zero-order chi connectivity index (χ0) is 19.6. The van der Waals surface area contributed by atoms with Gasteiger partial charge in [0.15, 0.2) is 5.96 Å². The molecule has 1 aromatic rings. The van der Waals surface area contributed by atoms with Crippen LogP contribution in [0.25, 0.3) is 0 Å². The Morgan fingerprint density at radius 1 is 1.21 bits per heavy atom. The standard InChI is InChI=1S/C22H35N3O2S.HI/c1-18-6-8-21(9-7-18)28-16-12-24-22(23-2)25-13-10-19(11-14-25)27-17-20-5-3-4-15-26-20;/h6-9,19-20H,3-5,10-17H2,1-2H3,(H,23,24);1H. The van der Waals surface area contributed by atoms with Crippen molar-refractivity contribution in [1.29, 1.82) is 0 Å². The van der Waals surface area contributed by atoms with Crippen molar-refractivity contribution in [3.8, 4) is 0 Å². The van der Waals surface area contributed by atoms with E-state index in [4.69, 9.17) is 9.47 Å². The maximum Gasteiger partial charge on any atom is 0.193 e. The summed E-state index contributed by atoms with van der Waals surface area (Å²) >= 11 is 1.88. The fourth-order valence-corrected chi connectivity index (χ4v) is 4.48.